The maximum Gasteiger partial charge on any atom is 0.267 e. The predicted molar refractivity (Wildman–Crippen MR) is 90.0 cm³/mol. The van der Waals surface area contributed by atoms with Gasteiger partial charge in [0.15, 0.2) is 0 Å². The van der Waals surface area contributed by atoms with Gasteiger partial charge in [-0.15, -0.1) is 11.3 Å². The summed E-state index contributed by atoms with van der Waals surface area (Å²) >= 11 is 1.46. The van der Waals surface area contributed by atoms with Crippen LogP contribution in [0.2, 0.25) is 0 Å². The fraction of sp³-hybridized carbons (Fsp3) is 0.118. The number of carbonyl (C=O) groups excluding carboxylic acids is 1. The number of nitrogens with one attached hydrogen (secondary N) is 1. The van der Waals surface area contributed by atoms with Crippen LogP contribution in [-0.4, -0.2) is 15.7 Å². The molecule has 8 heteroatoms. The smallest absolute Gasteiger partial charge is 0.267 e. The molecule has 0 saturated heterocycles. The molecule has 1 amide bonds. The van der Waals surface area contributed by atoms with Gasteiger partial charge in [0.1, 0.15) is 23.9 Å². The number of thiophene rings is 1. The van der Waals surface area contributed by atoms with Gasteiger partial charge in [-0.2, -0.15) is 5.10 Å². The Morgan fingerprint density at radius 2 is 1.88 bits per heavy atom. The Bertz CT molecular complexity index is 935. The Kier molecular flexibility index (Phi) is 4.99. The van der Waals surface area contributed by atoms with Crippen molar-refractivity contribution in [3.05, 3.63) is 75.4 Å². The molecule has 25 heavy (non-hydrogen) atoms. The monoisotopic (exact) mass is 361 g/mol. The summed E-state index contributed by atoms with van der Waals surface area (Å²) in [7, 11) is 0. The van der Waals surface area contributed by atoms with Gasteiger partial charge < -0.3 is 5.32 Å². The second-order valence-corrected chi connectivity index (χ2v) is 6.12. The van der Waals surface area contributed by atoms with Crippen molar-refractivity contribution in [2.45, 2.75) is 13.1 Å². The van der Waals surface area contributed by atoms with Gasteiger partial charge in [0.25, 0.3) is 5.56 Å². The highest BCUT2D eigenvalue weighted by atomic mass is 32.1. The first kappa shape index (κ1) is 17.0. The summed E-state index contributed by atoms with van der Waals surface area (Å²) in [5.41, 5.74) is -0.0985. The third kappa shape index (κ3) is 3.97. The van der Waals surface area contributed by atoms with Crippen molar-refractivity contribution in [1.29, 1.82) is 0 Å². The Morgan fingerprint density at radius 3 is 2.56 bits per heavy atom. The normalized spacial score (nSPS) is 10.6. The zero-order valence-corrected chi connectivity index (χ0v) is 13.7. The van der Waals surface area contributed by atoms with Gasteiger partial charge in [0.2, 0.25) is 5.91 Å². The number of halogens is 2. The minimum absolute atomic E-state index is 0.233. The topological polar surface area (TPSA) is 64.0 Å². The van der Waals surface area contributed by atoms with Crippen LogP contribution in [0, 0.1) is 11.6 Å². The van der Waals surface area contributed by atoms with Crippen molar-refractivity contribution in [1.82, 2.24) is 15.1 Å². The molecular formula is C17H13F2N3O2S. The van der Waals surface area contributed by atoms with E-state index in [2.05, 4.69) is 10.4 Å². The number of aromatic nitrogens is 2. The molecule has 3 aromatic rings. The van der Waals surface area contributed by atoms with Crippen molar-refractivity contribution >= 4 is 17.2 Å². The number of hydrogen-bond donors (Lipinski definition) is 1. The van der Waals surface area contributed by atoms with E-state index in [9.17, 15) is 18.4 Å². The van der Waals surface area contributed by atoms with Crippen LogP contribution in [0.3, 0.4) is 0 Å². The molecule has 0 bridgehead atoms. The lowest BCUT2D eigenvalue weighted by Crippen LogP contribution is -2.33. The van der Waals surface area contributed by atoms with Crippen molar-refractivity contribution in [2.75, 3.05) is 0 Å². The van der Waals surface area contributed by atoms with E-state index in [0.29, 0.717) is 5.69 Å². The summed E-state index contributed by atoms with van der Waals surface area (Å²) in [5.74, 6) is -2.05. The molecule has 1 aromatic carbocycles. The maximum atomic E-state index is 13.5. The molecule has 0 spiro atoms. The van der Waals surface area contributed by atoms with E-state index in [4.69, 9.17) is 0 Å². The Hall–Kier alpha value is -2.87. The van der Waals surface area contributed by atoms with Crippen LogP contribution >= 0.6 is 11.3 Å². The van der Waals surface area contributed by atoms with E-state index in [1.807, 2.05) is 17.5 Å². The molecule has 0 fully saturated rings. The molecule has 2 heterocycles. The van der Waals surface area contributed by atoms with E-state index in [1.54, 1.807) is 6.07 Å². The minimum Gasteiger partial charge on any atom is -0.350 e. The molecule has 0 radical (unpaired) electrons. The van der Waals surface area contributed by atoms with Gasteiger partial charge in [0, 0.05) is 18.2 Å². The van der Waals surface area contributed by atoms with E-state index in [-0.39, 0.29) is 18.7 Å². The zero-order valence-electron chi connectivity index (χ0n) is 12.9. The molecule has 0 atom stereocenters. The maximum absolute atomic E-state index is 13.5. The summed E-state index contributed by atoms with van der Waals surface area (Å²) in [6, 6.07) is 10.1. The first-order chi connectivity index (χ1) is 12.0. The quantitative estimate of drug-likeness (QED) is 0.760. The molecule has 3 rings (SSSR count). The molecule has 5 nitrogen and oxygen atoms in total. The molecule has 1 N–H and O–H groups in total. The molecule has 128 valence electrons. The van der Waals surface area contributed by atoms with Crippen molar-refractivity contribution in [3.63, 3.8) is 0 Å². The van der Waals surface area contributed by atoms with Crippen molar-refractivity contribution in [2.24, 2.45) is 0 Å². The molecule has 0 aliphatic rings. The van der Waals surface area contributed by atoms with Crippen LogP contribution in [0.15, 0.2) is 52.6 Å². The summed E-state index contributed by atoms with van der Waals surface area (Å²) in [4.78, 5) is 24.7. The predicted octanol–water partition coefficient (Wildman–Crippen LogP) is 2.57. The number of amides is 1. The number of hydrogen-bond acceptors (Lipinski definition) is 4. The highest BCUT2D eigenvalue weighted by Gasteiger charge is 2.12. The van der Waals surface area contributed by atoms with Crippen LogP contribution < -0.4 is 10.9 Å². The third-order valence-electron chi connectivity index (χ3n) is 3.46. The average Bonchev–Trinajstić information content (AvgIpc) is 3.11. The lowest BCUT2D eigenvalue weighted by Gasteiger charge is -2.09. The van der Waals surface area contributed by atoms with Gasteiger partial charge >= 0.3 is 0 Å². The van der Waals surface area contributed by atoms with Crippen LogP contribution in [0.25, 0.3) is 10.6 Å². The van der Waals surface area contributed by atoms with Crippen LogP contribution in [0.5, 0.6) is 0 Å². The standard InChI is InChI=1S/C17H13F2N3O2S/c18-12-3-1-4-13(19)11(12)9-20-16(23)10-22-17(24)7-6-14(21-22)15-5-2-8-25-15/h1-8H,9-10H2,(H,20,23). The van der Waals surface area contributed by atoms with Gasteiger partial charge in [0.05, 0.1) is 4.88 Å². The minimum atomic E-state index is -0.740. The average molecular weight is 361 g/mol. The Balaban J connectivity index is 1.71. The van der Waals surface area contributed by atoms with Gasteiger partial charge in [-0.1, -0.05) is 12.1 Å². The lowest BCUT2D eigenvalue weighted by atomic mass is 10.2. The fourth-order valence-corrected chi connectivity index (χ4v) is 2.89. The number of carbonyl (C=O) groups is 1. The number of rotatable bonds is 5. The van der Waals surface area contributed by atoms with E-state index >= 15 is 0 Å². The van der Waals surface area contributed by atoms with Crippen LogP contribution in [-0.2, 0) is 17.9 Å². The van der Waals surface area contributed by atoms with Gasteiger partial charge in [-0.05, 0) is 29.6 Å². The Labute approximate surface area is 145 Å². The fourth-order valence-electron chi connectivity index (χ4n) is 2.20. The number of nitrogens with zero attached hydrogens (tertiary/aromatic N) is 2. The van der Waals surface area contributed by atoms with E-state index < -0.39 is 23.1 Å². The second kappa shape index (κ2) is 7.35. The van der Waals surface area contributed by atoms with Crippen molar-refractivity contribution in [3.8, 4) is 10.6 Å². The van der Waals surface area contributed by atoms with E-state index in [1.165, 1.54) is 23.5 Å². The highest BCUT2D eigenvalue weighted by Crippen LogP contribution is 2.21. The third-order valence-corrected chi connectivity index (χ3v) is 4.35. The number of benzene rings is 1. The molecule has 2 aromatic heterocycles. The van der Waals surface area contributed by atoms with E-state index in [0.717, 1.165) is 21.7 Å². The van der Waals surface area contributed by atoms with Gasteiger partial charge in [-0.25, -0.2) is 13.5 Å². The van der Waals surface area contributed by atoms with Gasteiger partial charge in [-0.3, -0.25) is 9.59 Å². The first-order valence-electron chi connectivity index (χ1n) is 7.36. The second-order valence-electron chi connectivity index (χ2n) is 5.17. The summed E-state index contributed by atoms with van der Waals surface area (Å²) in [6.07, 6.45) is 0. The first-order valence-corrected chi connectivity index (χ1v) is 8.24. The zero-order chi connectivity index (χ0) is 17.8. The Morgan fingerprint density at radius 1 is 1.12 bits per heavy atom. The molecule has 0 saturated carbocycles. The molecular weight excluding hydrogens is 348 g/mol. The largest absolute Gasteiger partial charge is 0.350 e. The molecule has 0 unspecified atom stereocenters. The lowest BCUT2D eigenvalue weighted by molar-refractivity contribution is -0.122. The molecule has 0 aliphatic heterocycles. The van der Waals surface area contributed by atoms with Crippen LogP contribution in [0.4, 0.5) is 8.78 Å². The molecule has 0 aliphatic carbocycles. The summed E-state index contributed by atoms with van der Waals surface area (Å²) < 4.78 is 28.1. The van der Waals surface area contributed by atoms with Crippen LogP contribution in [0.1, 0.15) is 5.56 Å². The summed E-state index contributed by atoms with van der Waals surface area (Å²) in [5, 5.41) is 8.42. The highest BCUT2D eigenvalue weighted by molar-refractivity contribution is 7.13. The van der Waals surface area contributed by atoms with Crippen molar-refractivity contribution < 1.29 is 13.6 Å². The summed E-state index contributed by atoms with van der Waals surface area (Å²) in [6.45, 7) is -0.648. The SMILES string of the molecule is O=C(Cn1nc(-c2cccs2)ccc1=O)NCc1c(F)cccc1F.